The summed E-state index contributed by atoms with van der Waals surface area (Å²) in [7, 11) is 0. The van der Waals surface area contributed by atoms with Crippen LogP contribution in [0, 0.1) is 17.0 Å². The van der Waals surface area contributed by atoms with E-state index in [-0.39, 0.29) is 32.6 Å². The quantitative estimate of drug-likeness (QED) is 0.0273. The topological polar surface area (TPSA) is 144 Å². The Morgan fingerprint density at radius 3 is 1.72 bits per heavy atom. The lowest BCUT2D eigenvalue weighted by atomic mass is 10.1. The van der Waals surface area contributed by atoms with Crippen LogP contribution in [-0.2, 0) is 0 Å². The summed E-state index contributed by atoms with van der Waals surface area (Å²) in [6, 6.07) is 16.3. The minimum atomic E-state index is -1.12. The second-order valence-electron chi connectivity index (χ2n) is 9.80. The number of hydrogen-bond acceptors (Lipinski definition) is 8. The molecule has 1 aliphatic heterocycles. The molecule has 3 amide bonds. The zero-order chi connectivity index (χ0) is 33.4. The Morgan fingerprint density at radius 1 is 0.739 bits per heavy atom. The highest BCUT2D eigenvalue weighted by Crippen LogP contribution is 2.45. The Morgan fingerprint density at radius 2 is 1.22 bits per heavy atom. The molecule has 4 aromatic carbocycles. The summed E-state index contributed by atoms with van der Waals surface area (Å²) >= 11 is 24.7. The van der Waals surface area contributed by atoms with Gasteiger partial charge in [-0.15, -0.1) is 0 Å². The number of fused-ring (bicyclic) bond motifs is 1. The molecule has 0 bridgehead atoms. The van der Waals surface area contributed by atoms with Gasteiger partial charge >= 0.3 is 5.97 Å². The second kappa shape index (κ2) is 12.9. The first-order valence-electron chi connectivity index (χ1n) is 13.0. The molecule has 0 fully saturated rings. The van der Waals surface area contributed by atoms with E-state index in [4.69, 9.17) is 51.1 Å². The molecule has 5 rings (SSSR count). The molecule has 15 heteroatoms. The van der Waals surface area contributed by atoms with E-state index >= 15 is 0 Å². The summed E-state index contributed by atoms with van der Waals surface area (Å²) in [5.41, 5.74) is -0.0854. The largest absolute Gasteiger partial charge is 0.423 e. The number of aryl methyl sites for hydroxylation is 1. The van der Waals surface area contributed by atoms with Crippen molar-refractivity contribution in [2.24, 2.45) is 0 Å². The van der Waals surface area contributed by atoms with Gasteiger partial charge in [0.05, 0.1) is 41.7 Å². The monoisotopic (exact) mass is 699 g/mol. The van der Waals surface area contributed by atoms with Crippen molar-refractivity contribution in [2.45, 2.75) is 6.92 Å². The number of amides is 3. The molecular formula is C31H17Cl4N3O8. The average molecular weight is 701 g/mol. The summed E-state index contributed by atoms with van der Waals surface area (Å²) in [6.45, 7) is 1.01. The molecule has 0 radical (unpaired) electrons. The number of carbonyl (C=O) groups is 5. The van der Waals surface area contributed by atoms with E-state index in [0.29, 0.717) is 15.6 Å². The lowest BCUT2D eigenvalue weighted by Crippen LogP contribution is -2.51. The van der Waals surface area contributed by atoms with E-state index in [9.17, 15) is 34.1 Å². The van der Waals surface area contributed by atoms with Crippen LogP contribution in [0.3, 0.4) is 0 Å². The van der Waals surface area contributed by atoms with Gasteiger partial charge in [0.1, 0.15) is 12.3 Å². The van der Waals surface area contributed by atoms with Crippen LogP contribution in [0.2, 0.25) is 20.1 Å². The summed E-state index contributed by atoms with van der Waals surface area (Å²) in [5, 5.41) is 10.7. The van der Waals surface area contributed by atoms with E-state index in [1.165, 1.54) is 24.3 Å². The van der Waals surface area contributed by atoms with Crippen molar-refractivity contribution >= 4 is 81.6 Å². The molecule has 232 valence electrons. The number of rotatable bonds is 8. The first kappa shape index (κ1) is 32.6. The number of ether oxygens (including phenoxy) is 1. The first-order chi connectivity index (χ1) is 21.8. The number of ketones is 1. The molecule has 46 heavy (non-hydrogen) atoms. The lowest BCUT2D eigenvalue weighted by molar-refractivity contribution is -0.384. The number of non-ortho nitro benzene ring substituents is 1. The van der Waals surface area contributed by atoms with Gasteiger partial charge in [-0.25, -0.2) is 9.80 Å². The predicted molar refractivity (Wildman–Crippen MR) is 168 cm³/mol. The number of nitrogens with zero attached hydrogens (tertiary/aromatic N) is 3. The number of hydrogen-bond donors (Lipinski definition) is 0. The summed E-state index contributed by atoms with van der Waals surface area (Å²) in [4.78, 5) is 77.3. The highest BCUT2D eigenvalue weighted by atomic mass is 35.5. The molecule has 0 saturated carbocycles. The highest BCUT2D eigenvalue weighted by Gasteiger charge is 2.46. The maximum atomic E-state index is 13.7. The molecule has 0 aliphatic carbocycles. The summed E-state index contributed by atoms with van der Waals surface area (Å²) in [5.74, 6) is -4.51. The molecule has 1 aliphatic rings. The van der Waals surface area contributed by atoms with E-state index in [1.54, 1.807) is 24.3 Å². The maximum absolute atomic E-state index is 13.7. The van der Waals surface area contributed by atoms with Gasteiger partial charge in [-0.3, -0.25) is 29.3 Å². The molecule has 1 heterocycles. The second-order valence-corrected chi connectivity index (χ2v) is 11.3. The molecule has 0 spiro atoms. The minimum Gasteiger partial charge on any atom is -0.423 e. The van der Waals surface area contributed by atoms with Crippen LogP contribution in [0.25, 0.3) is 0 Å². The molecular weight excluding hydrogens is 684 g/mol. The van der Waals surface area contributed by atoms with Crippen LogP contribution in [0.5, 0.6) is 5.75 Å². The average Bonchev–Trinajstić information content (AvgIpc) is 3.31. The molecule has 0 saturated heterocycles. The van der Waals surface area contributed by atoms with Crippen LogP contribution in [0.15, 0.2) is 72.8 Å². The summed E-state index contributed by atoms with van der Waals surface area (Å²) in [6.07, 6.45) is 0. The number of nitro groups is 1. The van der Waals surface area contributed by atoms with Crippen molar-refractivity contribution in [3.8, 4) is 5.75 Å². The number of benzene rings is 4. The fourth-order valence-corrected chi connectivity index (χ4v) is 5.47. The van der Waals surface area contributed by atoms with Crippen molar-refractivity contribution in [3.63, 3.8) is 0 Å². The van der Waals surface area contributed by atoms with Crippen molar-refractivity contribution < 1.29 is 33.6 Å². The zero-order valence-corrected chi connectivity index (χ0v) is 26.3. The standard InChI is InChI=1S/C31H17Cl4N3O8/c1-15-2-4-18(5-3-15)31(43)46-20-12-8-16(9-13-20)21(39)14-36(28(40)17-6-10-19(11-7-17)38(44)45)37-29(41)22-23(30(37)42)25(33)27(35)26(34)24(22)32/h2-13H,14H2,1H3. The fraction of sp³-hybridized carbons (Fsp3) is 0.0645. The van der Waals surface area contributed by atoms with Gasteiger partial charge in [0.25, 0.3) is 23.4 Å². The van der Waals surface area contributed by atoms with Gasteiger partial charge in [-0.1, -0.05) is 64.1 Å². The number of carbonyl (C=O) groups excluding carboxylic acids is 5. The Labute approximate surface area is 279 Å². The van der Waals surface area contributed by atoms with Crippen LogP contribution in [0.4, 0.5) is 5.69 Å². The minimum absolute atomic E-state index is 0.0235. The number of imide groups is 1. The Bertz CT molecular complexity index is 1920. The van der Waals surface area contributed by atoms with Gasteiger partial charge in [0.2, 0.25) is 0 Å². The van der Waals surface area contributed by atoms with Gasteiger partial charge in [-0.05, 0) is 55.5 Å². The molecule has 4 aromatic rings. The van der Waals surface area contributed by atoms with Crippen LogP contribution >= 0.6 is 46.4 Å². The van der Waals surface area contributed by atoms with Crippen molar-refractivity contribution in [3.05, 3.63) is 136 Å². The number of nitro benzene ring substituents is 1. The number of esters is 1. The van der Waals surface area contributed by atoms with Gasteiger partial charge in [0, 0.05) is 23.3 Å². The van der Waals surface area contributed by atoms with Crippen molar-refractivity contribution in [1.29, 1.82) is 0 Å². The highest BCUT2D eigenvalue weighted by molar-refractivity contribution is 6.55. The van der Waals surface area contributed by atoms with Crippen molar-refractivity contribution in [2.75, 3.05) is 6.54 Å². The van der Waals surface area contributed by atoms with E-state index < -0.39 is 62.1 Å². The number of Topliss-reactive ketones (excluding diaryl/α,β-unsaturated/α-hetero) is 1. The zero-order valence-electron chi connectivity index (χ0n) is 23.3. The van der Waals surface area contributed by atoms with Crippen molar-refractivity contribution in [1.82, 2.24) is 10.0 Å². The SMILES string of the molecule is Cc1ccc(C(=O)Oc2ccc(C(=O)CN(C(=O)c3ccc([N+](=O)[O-])cc3)N3C(=O)c4c(Cl)c(Cl)c(Cl)c(Cl)c4C3=O)cc2)cc1. The lowest BCUT2D eigenvalue weighted by Gasteiger charge is -2.29. The molecule has 0 unspecified atom stereocenters. The normalized spacial score (nSPS) is 12.2. The Hall–Kier alpha value is -4.81. The fourth-order valence-electron chi connectivity index (χ4n) is 4.46. The maximum Gasteiger partial charge on any atom is 0.343 e. The van der Waals surface area contributed by atoms with Gasteiger partial charge < -0.3 is 4.74 Å². The third-order valence-electron chi connectivity index (χ3n) is 6.85. The van der Waals surface area contributed by atoms with E-state index in [1.807, 2.05) is 6.92 Å². The van der Waals surface area contributed by atoms with Crippen LogP contribution in [0.1, 0.15) is 57.4 Å². The third kappa shape index (κ3) is 6.05. The molecule has 0 atom stereocenters. The number of hydrazine groups is 1. The van der Waals surface area contributed by atoms with Gasteiger partial charge in [-0.2, -0.15) is 5.01 Å². The first-order valence-corrected chi connectivity index (χ1v) is 14.5. The Balaban J connectivity index is 1.46. The van der Waals surface area contributed by atoms with E-state index in [2.05, 4.69) is 0 Å². The number of halogens is 4. The Kier molecular flexibility index (Phi) is 9.13. The third-order valence-corrected chi connectivity index (χ3v) is 8.65. The van der Waals surface area contributed by atoms with Gasteiger partial charge in [0.15, 0.2) is 5.78 Å². The molecule has 0 aromatic heterocycles. The van der Waals surface area contributed by atoms with Crippen LogP contribution in [-0.4, -0.2) is 51.0 Å². The molecule has 11 nitrogen and oxygen atoms in total. The predicted octanol–water partition coefficient (Wildman–Crippen LogP) is 7.27. The smallest absolute Gasteiger partial charge is 0.343 e. The van der Waals surface area contributed by atoms with Crippen LogP contribution < -0.4 is 4.74 Å². The van der Waals surface area contributed by atoms with E-state index in [0.717, 1.165) is 29.8 Å². The molecule has 0 N–H and O–H groups in total. The summed E-state index contributed by atoms with van der Waals surface area (Å²) < 4.78 is 5.36.